The molecule has 2 rings (SSSR count). The van der Waals surface area contributed by atoms with E-state index in [1.54, 1.807) is 0 Å². The zero-order valence-corrected chi connectivity index (χ0v) is 9.03. The minimum Gasteiger partial charge on any atom is -0.0843 e. The summed E-state index contributed by atoms with van der Waals surface area (Å²) in [5.74, 6) is 0.926. The number of hydrogen-bond donors (Lipinski definition) is 0. The van der Waals surface area contributed by atoms with Crippen LogP contribution in [0.1, 0.15) is 18.4 Å². The van der Waals surface area contributed by atoms with Gasteiger partial charge in [0, 0.05) is 9.50 Å². The maximum atomic E-state index is 5.92. The molecular weight excluding hydrogens is 235 g/mol. The van der Waals surface area contributed by atoms with Gasteiger partial charge in [-0.05, 0) is 48.9 Å². The Hall–Kier alpha value is -0.0100. The summed E-state index contributed by atoms with van der Waals surface area (Å²) >= 11 is 9.36. The van der Waals surface area contributed by atoms with Crippen molar-refractivity contribution in [3.63, 3.8) is 0 Å². The Balaban J connectivity index is 2.18. The molecule has 0 bridgehead atoms. The van der Waals surface area contributed by atoms with Crippen LogP contribution in [0.2, 0.25) is 5.02 Å². The smallest absolute Gasteiger partial charge is 0.0419 e. The first-order valence-corrected chi connectivity index (χ1v) is 5.36. The van der Waals surface area contributed by atoms with E-state index in [2.05, 4.69) is 28.1 Å². The maximum Gasteiger partial charge on any atom is 0.0419 e. The molecule has 2 heteroatoms. The van der Waals surface area contributed by atoms with E-state index in [0.29, 0.717) is 0 Å². The fraction of sp³-hybridized carbons (Fsp3) is 0.400. The van der Waals surface area contributed by atoms with Crippen molar-refractivity contribution in [1.82, 2.24) is 0 Å². The first kappa shape index (κ1) is 8.58. The van der Waals surface area contributed by atoms with E-state index in [0.717, 1.165) is 15.4 Å². The van der Waals surface area contributed by atoms with Gasteiger partial charge in [0.15, 0.2) is 0 Å². The van der Waals surface area contributed by atoms with E-state index >= 15 is 0 Å². The van der Waals surface area contributed by atoms with Gasteiger partial charge in [0.1, 0.15) is 0 Å². The fourth-order valence-electron chi connectivity index (χ4n) is 1.38. The normalized spacial score (nSPS) is 16.5. The first-order valence-electron chi connectivity index (χ1n) is 4.19. The Morgan fingerprint density at radius 1 is 1.33 bits per heavy atom. The molecule has 0 heterocycles. The summed E-state index contributed by atoms with van der Waals surface area (Å²) in [4.78, 5) is 0. The second-order valence-electron chi connectivity index (χ2n) is 3.43. The summed E-state index contributed by atoms with van der Waals surface area (Å²) in [6, 6.07) is 6.15. The zero-order valence-electron chi connectivity index (χ0n) is 6.69. The standard InChI is InChI=1S/C10H10BrCl/c11-9-4-8(3-7-1-2-7)5-10(12)6-9/h4-7H,1-3H2. The number of hydrogen-bond acceptors (Lipinski definition) is 0. The molecule has 0 nitrogen and oxygen atoms in total. The largest absolute Gasteiger partial charge is 0.0843 e. The van der Waals surface area contributed by atoms with Gasteiger partial charge in [-0.2, -0.15) is 0 Å². The number of rotatable bonds is 2. The van der Waals surface area contributed by atoms with Crippen LogP contribution in [0.4, 0.5) is 0 Å². The van der Waals surface area contributed by atoms with Gasteiger partial charge in [-0.1, -0.05) is 27.5 Å². The Morgan fingerprint density at radius 2 is 2.08 bits per heavy atom. The third-order valence-corrected chi connectivity index (χ3v) is 2.82. The SMILES string of the molecule is Clc1cc(Br)cc(CC2CC2)c1. The molecule has 1 aliphatic carbocycles. The van der Waals surface area contributed by atoms with Crippen LogP contribution in [0.3, 0.4) is 0 Å². The highest BCUT2D eigenvalue weighted by molar-refractivity contribution is 9.10. The molecule has 12 heavy (non-hydrogen) atoms. The zero-order chi connectivity index (χ0) is 8.55. The van der Waals surface area contributed by atoms with Gasteiger partial charge in [-0.25, -0.2) is 0 Å². The molecule has 0 atom stereocenters. The monoisotopic (exact) mass is 244 g/mol. The molecule has 0 radical (unpaired) electrons. The summed E-state index contributed by atoms with van der Waals surface area (Å²) in [7, 11) is 0. The van der Waals surface area contributed by atoms with Crippen molar-refractivity contribution in [2.45, 2.75) is 19.3 Å². The van der Waals surface area contributed by atoms with Gasteiger partial charge in [-0.15, -0.1) is 0 Å². The molecule has 1 aliphatic rings. The molecule has 0 amide bonds. The van der Waals surface area contributed by atoms with Crippen LogP contribution in [-0.2, 0) is 6.42 Å². The predicted octanol–water partition coefficient (Wildman–Crippen LogP) is 4.06. The van der Waals surface area contributed by atoms with Gasteiger partial charge in [0.2, 0.25) is 0 Å². The van der Waals surface area contributed by atoms with Crippen molar-refractivity contribution in [2.24, 2.45) is 5.92 Å². The molecule has 0 N–H and O–H groups in total. The molecular formula is C10H10BrCl. The molecule has 0 spiro atoms. The van der Waals surface area contributed by atoms with E-state index in [9.17, 15) is 0 Å². The van der Waals surface area contributed by atoms with Gasteiger partial charge in [-0.3, -0.25) is 0 Å². The Morgan fingerprint density at radius 3 is 2.67 bits per heavy atom. The van der Waals surface area contributed by atoms with Gasteiger partial charge >= 0.3 is 0 Å². The molecule has 0 unspecified atom stereocenters. The molecule has 0 saturated heterocycles. The highest BCUT2D eigenvalue weighted by Gasteiger charge is 2.21. The van der Waals surface area contributed by atoms with Crippen LogP contribution in [0, 0.1) is 5.92 Å². The highest BCUT2D eigenvalue weighted by atomic mass is 79.9. The quantitative estimate of drug-likeness (QED) is 0.737. The van der Waals surface area contributed by atoms with E-state index < -0.39 is 0 Å². The third-order valence-electron chi connectivity index (χ3n) is 2.14. The minimum atomic E-state index is 0.833. The van der Waals surface area contributed by atoms with E-state index in [4.69, 9.17) is 11.6 Å². The Bertz CT molecular complexity index is 272. The fourth-order valence-corrected chi connectivity index (χ4v) is 2.31. The Labute approximate surface area is 86.1 Å². The van der Waals surface area contributed by atoms with Crippen molar-refractivity contribution < 1.29 is 0 Å². The lowest BCUT2D eigenvalue weighted by molar-refractivity contribution is 0.832. The lowest BCUT2D eigenvalue weighted by Gasteiger charge is -2.00. The predicted molar refractivity (Wildman–Crippen MR) is 55.6 cm³/mol. The van der Waals surface area contributed by atoms with Crippen molar-refractivity contribution >= 4 is 27.5 Å². The lowest BCUT2D eigenvalue weighted by Crippen LogP contribution is -1.86. The maximum absolute atomic E-state index is 5.92. The first-order chi connectivity index (χ1) is 5.74. The van der Waals surface area contributed by atoms with E-state index in [1.165, 1.54) is 24.8 Å². The molecule has 0 aromatic heterocycles. The van der Waals surface area contributed by atoms with Crippen LogP contribution in [0.5, 0.6) is 0 Å². The van der Waals surface area contributed by atoms with Crippen LogP contribution >= 0.6 is 27.5 Å². The lowest BCUT2D eigenvalue weighted by atomic mass is 10.1. The Kier molecular flexibility index (Phi) is 2.42. The second-order valence-corrected chi connectivity index (χ2v) is 4.78. The van der Waals surface area contributed by atoms with E-state index in [1.807, 2.05) is 6.07 Å². The van der Waals surface area contributed by atoms with Crippen molar-refractivity contribution in [3.8, 4) is 0 Å². The van der Waals surface area contributed by atoms with Gasteiger partial charge in [0.05, 0.1) is 0 Å². The third kappa shape index (κ3) is 2.24. The second kappa shape index (κ2) is 3.39. The van der Waals surface area contributed by atoms with Gasteiger partial charge < -0.3 is 0 Å². The van der Waals surface area contributed by atoms with Crippen molar-refractivity contribution in [3.05, 3.63) is 33.3 Å². The molecule has 1 fully saturated rings. The molecule has 0 aliphatic heterocycles. The number of halogens is 2. The molecule has 1 aromatic carbocycles. The van der Waals surface area contributed by atoms with Crippen molar-refractivity contribution in [2.75, 3.05) is 0 Å². The van der Waals surface area contributed by atoms with Crippen LogP contribution < -0.4 is 0 Å². The topological polar surface area (TPSA) is 0 Å². The molecule has 1 saturated carbocycles. The average molecular weight is 246 g/mol. The van der Waals surface area contributed by atoms with Crippen LogP contribution in [-0.4, -0.2) is 0 Å². The summed E-state index contributed by atoms with van der Waals surface area (Å²) < 4.78 is 1.09. The van der Waals surface area contributed by atoms with Crippen molar-refractivity contribution in [1.29, 1.82) is 0 Å². The summed E-state index contributed by atoms with van der Waals surface area (Å²) in [5, 5.41) is 0.833. The van der Waals surface area contributed by atoms with Gasteiger partial charge in [0.25, 0.3) is 0 Å². The number of benzene rings is 1. The highest BCUT2D eigenvalue weighted by Crippen LogP contribution is 2.33. The minimum absolute atomic E-state index is 0.833. The average Bonchev–Trinajstić information content (AvgIpc) is 2.68. The molecule has 1 aromatic rings. The summed E-state index contributed by atoms with van der Waals surface area (Å²) in [6.45, 7) is 0. The molecule has 64 valence electrons. The van der Waals surface area contributed by atoms with Crippen LogP contribution in [0.15, 0.2) is 22.7 Å². The summed E-state index contributed by atoms with van der Waals surface area (Å²) in [5.41, 5.74) is 1.36. The van der Waals surface area contributed by atoms with E-state index in [-0.39, 0.29) is 0 Å². The summed E-state index contributed by atoms with van der Waals surface area (Å²) in [6.07, 6.45) is 3.98. The van der Waals surface area contributed by atoms with Crippen LogP contribution in [0.25, 0.3) is 0 Å².